The van der Waals surface area contributed by atoms with Gasteiger partial charge in [0.2, 0.25) is 0 Å². The standard InChI is InChI=1S/C18H21N/c1-14(16-5-3-2-4-6-16)19-13-15-7-9-17(10-8-15)18-11-12-18/h2-10,14,18-19H,11-13H2,1H3. The van der Waals surface area contributed by atoms with E-state index < -0.39 is 0 Å². The predicted octanol–water partition coefficient (Wildman–Crippen LogP) is 4.41. The molecule has 0 amide bonds. The Labute approximate surface area is 115 Å². The SMILES string of the molecule is CC(NCc1ccc(C2CC2)cc1)c1ccccc1. The molecule has 0 heterocycles. The van der Waals surface area contributed by atoms with Crippen LogP contribution in [0, 0.1) is 0 Å². The molecule has 98 valence electrons. The summed E-state index contributed by atoms with van der Waals surface area (Å²) in [4.78, 5) is 0. The smallest absolute Gasteiger partial charge is 0.0294 e. The maximum Gasteiger partial charge on any atom is 0.0294 e. The summed E-state index contributed by atoms with van der Waals surface area (Å²) < 4.78 is 0. The molecule has 1 aliphatic rings. The fraction of sp³-hybridized carbons (Fsp3) is 0.333. The van der Waals surface area contributed by atoms with E-state index in [9.17, 15) is 0 Å². The van der Waals surface area contributed by atoms with Crippen molar-refractivity contribution in [1.29, 1.82) is 0 Å². The Morgan fingerprint density at radius 1 is 1.00 bits per heavy atom. The van der Waals surface area contributed by atoms with Crippen LogP contribution in [0.15, 0.2) is 54.6 Å². The Bertz CT molecular complexity index is 511. The number of hydrogen-bond acceptors (Lipinski definition) is 1. The molecule has 1 nitrogen and oxygen atoms in total. The van der Waals surface area contributed by atoms with Gasteiger partial charge in [0.1, 0.15) is 0 Å². The minimum absolute atomic E-state index is 0.393. The highest BCUT2D eigenvalue weighted by molar-refractivity contribution is 5.28. The summed E-state index contributed by atoms with van der Waals surface area (Å²) in [5.74, 6) is 0.852. The molecule has 3 rings (SSSR count). The highest BCUT2D eigenvalue weighted by Crippen LogP contribution is 2.39. The molecule has 0 bridgehead atoms. The molecule has 2 aromatic carbocycles. The summed E-state index contributed by atoms with van der Waals surface area (Å²) in [5, 5.41) is 3.58. The molecule has 0 radical (unpaired) electrons. The third-order valence-electron chi connectivity index (χ3n) is 3.94. The van der Waals surface area contributed by atoms with E-state index in [0.29, 0.717) is 6.04 Å². The molecule has 0 aliphatic heterocycles. The van der Waals surface area contributed by atoms with Crippen molar-refractivity contribution in [3.05, 3.63) is 71.3 Å². The summed E-state index contributed by atoms with van der Waals surface area (Å²) in [6.07, 6.45) is 2.76. The lowest BCUT2D eigenvalue weighted by Crippen LogP contribution is -2.17. The summed E-state index contributed by atoms with van der Waals surface area (Å²) >= 11 is 0. The van der Waals surface area contributed by atoms with Gasteiger partial charge in [-0.15, -0.1) is 0 Å². The molecule has 1 N–H and O–H groups in total. The van der Waals surface area contributed by atoms with Crippen LogP contribution in [0.25, 0.3) is 0 Å². The molecular weight excluding hydrogens is 230 g/mol. The van der Waals surface area contributed by atoms with Crippen molar-refractivity contribution < 1.29 is 0 Å². The first kappa shape index (κ1) is 12.4. The van der Waals surface area contributed by atoms with Gasteiger partial charge < -0.3 is 5.32 Å². The van der Waals surface area contributed by atoms with E-state index in [2.05, 4.69) is 66.8 Å². The minimum Gasteiger partial charge on any atom is -0.306 e. The third-order valence-corrected chi connectivity index (χ3v) is 3.94. The van der Waals surface area contributed by atoms with E-state index in [-0.39, 0.29) is 0 Å². The lowest BCUT2D eigenvalue weighted by atomic mass is 10.1. The molecular formula is C18H21N. The Morgan fingerprint density at radius 2 is 1.68 bits per heavy atom. The molecule has 1 heteroatoms. The first-order chi connectivity index (χ1) is 9.33. The summed E-state index contributed by atoms with van der Waals surface area (Å²) in [5.41, 5.74) is 4.23. The van der Waals surface area contributed by atoms with Crippen LogP contribution in [0.4, 0.5) is 0 Å². The Balaban J connectivity index is 1.56. The molecule has 1 atom stereocenters. The first-order valence-electron chi connectivity index (χ1n) is 7.20. The second-order valence-corrected chi connectivity index (χ2v) is 5.53. The second kappa shape index (κ2) is 5.58. The Morgan fingerprint density at radius 3 is 2.32 bits per heavy atom. The van der Waals surface area contributed by atoms with E-state index in [4.69, 9.17) is 0 Å². The summed E-state index contributed by atoms with van der Waals surface area (Å²) in [7, 11) is 0. The maximum atomic E-state index is 3.58. The fourth-order valence-electron chi connectivity index (χ4n) is 2.45. The zero-order chi connectivity index (χ0) is 13.1. The van der Waals surface area contributed by atoms with E-state index in [1.54, 1.807) is 0 Å². The quantitative estimate of drug-likeness (QED) is 0.829. The highest BCUT2D eigenvalue weighted by Gasteiger charge is 2.22. The van der Waals surface area contributed by atoms with Gasteiger partial charge in [-0.25, -0.2) is 0 Å². The molecule has 0 spiro atoms. The van der Waals surface area contributed by atoms with Gasteiger partial charge in [0.15, 0.2) is 0 Å². The van der Waals surface area contributed by atoms with Gasteiger partial charge in [-0.1, -0.05) is 54.6 Å². The molecule has 2 aromatic rings. The number of nitrogens with one attached hydrogen (secondary N) is 1. The highest BCUT2D eigenvalue weighted by atomic mass is 14.9. The zero-order valence-corrected chi connectivity index (χ0v) is 11.5. The second-order valence-electron chi connectivity index (χ2n) is 5.53. The van der Waals surface area contributed by atoms with Crippen LogP contribution < -0.4 is 5.32 Å². The molecule has 0 saturated heterocycles. The van der Waals surface area contributed by atoms with Crippen LogP contribution in [0.5, 0.6) is 0 Å². The van der Waals surface area contributed by atoms with Gasteiger partial charge in [0.05, 0.1) is 0 Å². The van der Waals surface area contributed by atoms with Crippen molar-refractivity contribution in [1.82, 2.24) is 5.32 Å². The molecule has 1 fully saturated rings. The number of hydrogen-bond donors (Lipinski definition) is 1. The average molecular weight is 251 g/mol. The third kappa shape index (κ3) is 3.24. The van der Waals surface area contributed by atoms with E-state index >= 15 is 0 Å². The van der Waals surface area contributed by atoms with Crippen LogP contribution in [0.1, 0.15) is 48.4 Å². The molecule has 1 aliphatic carbocycles. The van der Waals surface area contributed by atoms with Crippen LogP contribution in [-0.4, -0.2) is 0 Å². The topological polar surface area (TPSA) is 12.0 Å². The maximum absolute atomic E-state index is 3.58. The Kier molecular flexibility index (Phi) is 3.65. The van der Waals surface area contributed by atoms with Crippen LogP contribution in [-0.2, 0) is 6.54 Å². The lowest BCUT2D eigenvalue weighted by molar-refractivity contribution is 0.574. The molecule has 1 unspecified atom stereocenters. The van der Waals surface area contributed by atoms with E-state index in [1.165, 1.54) is 29.5 Å². The van der Waals surface area contributed by atoms with Crippen molar-refractivity contribution in [3.63, 3.8) is 0 Å². The zero-order valence-electron chi connectivity index (χ0n) is 11.5. The number of rotatable bonds is 5. The number of benzene rings is 2. The predicted molar refractivity (Wildman–Crippen MR) is 80.1 cm³/mol. The van der Waals surface area contributed by atoms with Crippen LogP contribution in [0.3, 0.4) is 0 Å². The van der Waals surface area contributed by atoms with Gasteiger partial charge in [-0.2, -0.15) is 0 Å². The molecule has 19 heavy (non-hydrogen) atoms. The first-order valence-corrected chi connectivity index (χ1v) is 7.20. The van der Waals surface area contributed by atoms with Crippen molar-refractivity contribution in [2.45, 2.75) is 38.3 Å². The molecule has 0 aromatic heterocycles. The fourth-order valence-corrected chi connectivity index (χ4v) is 2.45. The van der Waals surface area contributed by atoms with Crippen LogP contribution in [0.2, 0.25) is 0 Å². The van der Waals surface area contributed by atoms with Crippen molar-refractivity contribution in [2.24, 2.45) is 0 Å². The van der Waals surface area contributed by atoms with Gasteiger partial charge in [-0.3, -0.25) is 0 Å². The van der Waals surface area contributed by atoms with Crippen LogP contribution >= 0.6 is 0 Å². The van der Waals surface area contributed by atoms with Gasteiger partial charge in [0, 0.05) is 12.6 Å². The van der Waals surface area contributed by atoms with Gasteiger partial charge in [-0.05, 0) is 42.4 Å². The Hall–Kier alpha value is -1.60. The lowest BCUT2D eigenvalue weighted by Gasteiger charge is -2.14. The van der Waals surface area contributed by atoms with Crippen molar-refractivity contribution in [2.75, 3.05) is 0 Å². The minimum atomic E-state index is 0.393. The monoisotopic (exact) mass is 251 g/mol. The summed E-state index contributed by atoms with van der Waals surface area (Å²) in [6.45, 7) is 3.15. The molecule has 1 saturated carbocycles. The largest absolute Gasteiger partial charge is 0.306 e. The van der Waals surface area contributed by atoms with Crippen molar-refractivity contribution in [3.8, 4) is 0 Å². The van der Waals surface area contributed by atoms with Gasteiger partial charge in [0.25, 0.3) is 0 Å². The van der Waals surface area contributed by atoms with Crippen molar-refractivity contribution >= 4 is 0 Å². The average Bonchev–Trinajstić information content (AvgIpc) is 3.31. The van der Waals surface area contributed by atoms with E-state index in [1.807, 2.05) is 0 Å². The normalized spacial score (nSPS) is 16.3. The van der Waals surface area contributed by atoms with E-state index in [0.717, 1.165) is 12.5 Å². The van der Waals surface area contributed by atoms with Gasteiger partial charge >= 0.3 is 0 Å². The summed E-state index contributed by atoms with van der Waals surface area (Å²) in [6, 6.07) is 20.1.